The number of rotatable bonds is 5. The molecule has 19 heavy (non-hydrogen) atoms. The molecule has 1 atom stereocenters. The first-order valence-corrected chi connectivity index (χ1v) is 7.25. The predicted molar refractivity (Wildman–Crippen MR) is 77.7 cm³/mol. The first kappa shape index (κ1) is 13.7. The lowest BCUT2D eigenvalue weighted by molar-refractivity contribution is 0.723. The third-order valence-corrected chi connectivity index (χ3v) is 3.68. The van der Waals surface area contributed by atoms with Gasteiger partial charge in [0, 0.05) is 23.6 Å². The van der Waals surface area contributed by atoms with Crippen LogP contribution in [0.25, 0.3) is 0 Å². The fraction of sp³-hybridized carbons (Fsp3) is 0.462. The second kappa shape index (κ2) is 5.97. The SMILES string of the molecule is CCC(Nc1cc(=O)[nH]c(C(C)C)n1)c1nccs1. The Morgan fingerprint density at radius 3 is 2.84 bits per heavy atom. The van der Waals surface area contributed by atoms with Gasteiger partial charge in [0.15, 0.2) is 0 Å². The van der Waals surface area contributed by atoms with Gasteiger partial charge >= 0.3 is 0 Å². The molecule has 0 bridgehead atoms. The van der Waals surface area contributed by atoms with Gasteiger partial charge in [-0.05, 0) is 6.42 Å². The molecule has 0 aliphatic carbocycles. The Morgan fingerprint density at radius 2 is 2.26 bits per heavy atom. The molecule has 0 saturated heterocycles. The maximum atomic E-state index is 11.6. The molecular formula is C13H18N4OS. The molecule has 1 unspecified atom stereocenters. The van der Waals surface area contributed by atoms with E-state index in [1.165, 1.54) is 6.07 Å². The van der Waals surface area contributed by atoms with E-state index in [1.54, 1.807) is 17.5 Å². The Balaban J connectivity index is 2.25. The van der Waals surface area contributed by atoms with E-state index in [1.807, 2.05) is 19.2 Å². The van der Waals surface area contributed by atoms with Crippen LogP contribution in [0, 0.1) is 0 Å². The highest BCUT2D eigenvalue weighted by Crippen LogP contribution is 2.23. The fourth-order valence-corrected chi connectivity index (χ4v) is 2.52. The molecule has 102 valence electrons. The molecule has 5 nitrogen and oxygen atoms in total. The lowest BCUT2D eigenvalue weighted by Gasteiger charge is -2.16. The molecule has 0 spiro atoms. The standard InChI is InChI=1S/C13H18N4OS/c1-4-9(13-14-5-6-19-13)15-10-7-11(18)17-12(16-10)8(2)3/h5-9H,4H2,1-3H3,(H2,15,16,17,18). The van der Waals surface area contributed by atoms with Gasteiger partial charge in [-0.1, -0.05) is 20.8 Å². The molecule has 0 fully saturated rings. The Hall–Kier alpha value is -1.69. The number of aromatic amines is 1. The van der Waals surface area contributed by atoms with Crippen LogP contribution >= 0.6 is 11.3 Å². The van der Waals surface area contributed by atoms with E-state index in [0.717, 1.165) is 11.4 Å². The number of H-pyrrole nitrogens is 1. The van der Waals surface area contributed by atoms with Crippen molar-refractivity contribution in [1.29, 1.82) is 0 Å². The summed E-state index contributed by atoms with van der Waals surface area (Å²) in [5.41, 5.74) is -0.129. The zero-order valence-corrected chi connectivity index (χ0v) is 12.1. The van der Waals surface area contributed by atoms with Gasteiger partial charge < -0.3 is 10.3 Å². The monoisotopic (exact) mass is 278 g/mol. The molecule has 2 N–H and O–H groups in total. The van der Waals surface area contributed by atoms with Crippen molar-refractivity contribution in [1.82, 2.24) is 15.0 Å². The Bertz CT molecular complexity index is 577. The number of nitrogens with one attached hydrogen (secondary N) is 2. The summed E-state index contributed by atoms with van der Waals surface area (Å²) >= 11 is 1.60. The van der Waals surface area contributed by atoms with Crippen LogP contribution in [0.5, 0.6) is 0 Å². The summed E-state index contributed by atoms with van der Waals surface area (Å²) in [6.45, 7) is 6.08. The van der Waals surface area contributed by atoms with Crippen LogP contribution in [0.2, 0.25) is 0 Å². The van der Waals surface area contributed by atoms with Crippen molar-refractivity contribution in [3.8, 4) is 0 Å². The third-order valence-electron chi connectivity index (χ3n) is 2.79. The van der Waals surface area contributed by atoms with Gasteiger partial charge in [0.25, 0.3) is 5.56 Å². The number of thiazole rings is 1. The fourth-order valence-electron chi connectivity index (χ4n) is 1.75. The van der Waals surface area contributed by atoms with Crippen LogP contribution in [0.15, 0.2) is 22.4 Å². The van der Waals surface area contributed by atoms with Crippen molar-refractivity contribution in [2.75, 3.05) is 5.32 Å². The van der Waals surface area contributed by atoms with Gasteiger partial charge in [-0.2, -0.15) is 0 Å². The molecule has 2 heterocycles. The molecule has 2 aromatic rings. The first-order chi connectivity index (χ1) is 9.10. The van der Waals surface area contributed by atoms with Gasteiger partial charge in [-0.3, -0.25) is 4.79 Å². The highest BCUT2D eigenvalue weighted by atomic mass is 32.1. The minimum absolute atomic E-state index is 0.0920. The Kier molecular flexibility index (Phi) is 4.31. The van der Waals surface area contributed by atoms with Gasteiger partial charge in [0.1, 0.15) is 16.6 Å². The van der Waals surface area contributed by atoms with Crippen molar-refractivity contribution in [3.05, 3.63) is 38.8 Å². The van der Waals surface area contributed by atoms with E-state index in [4.69, 9.17) is 0 Å². The van der Waals surface area contributed by atoms with E-state index < -0.39 is 0 Å². The molecular weight excluding hydrogens is 260 g/mol. The summed E-state index contributed by atoms with van der Waals surface area (Å²) < 4.78 is 0. The Labute approximate surface area is 116 Å². The van der Waals surface area contributed by atoms with Crippen molar-refractivity contribution < 1.29 is 0 Å². The lowest BCUT2D eigenvalue weighted by atomic mass is 10.2. The Morgan fingerprint density at radius 1 is 1.47 bits per heavy atom. The van der Waals surface area contributed by atoms with Crippen LogP contribution in [0.3, 0.4) is 0 Å². The van der Waals surface area contributed by atoms with Gasteiger partial charge in [0.2, 0.25) is 0 Å². The van der Waals surface area contributed by atoms with Crippen molar-refractivity contribution >= 4 is 17.2 Å². The largest absolute Gasteiger partial charge is 0.361 e. The van der Waals surface area contributed by atoms with Crippen LogP contribution < -0.4 is 10.9 Å². The maximum absolute atomic E-state index is 11.6. The van der Waals surface area contributed by atoms with E-state index in [2.05, 4.69) is 27.2 Å². The molecule has 0 aliphatic heterocycles. The highest BCUT2D eigenvalue weighted by molar-refractivity contribution is 7.09. The van der Waals surface area contributed by atoms with Crippen LogP contribution in [0.1, 0.15) is 50.0 Å². The van der Waals surface area contributed by atoms with Crippen molar-refractivity contribution in [2.24, 2.45) is 0 Å². The third kappa shape index (κ3) is 3.41. The molecule has 0 saturated carbocycles. The molecule has 0 amide bonds. The summed E-state index contributed by atoms with van der Waals surface area (Å²) in [6, 6.07) is 1.58. The molecule has 0 aromatic carbocycles. The van der Waals surface area contributed by atoms with E-state index in [0.29, 0.717) is 11.6 Å². The summed E-state index contributed by atoms with van der Waals surface area (Å²) in [7, 11) is 0. The molecule has 2 aromatic heterocycles. The highest BCUT2D eigenvalue weighted by Gasteiger charge is 2.13. The van der Waals surface area contributed by atoms with E-state index in [9.17, 15) is 4.79 Å². The predicted octanol–water partition coefficient (Wildman–Crippen LogP) is 2.91. The summed E-state index contributed by atoms with van der Waals surface area (Å²) in [4.78, 5) is 23.1. The maximum Gasteiger partial charge on any atom is 0.252 e. The van der Waals surface area contributed by atoms with Gasteiger partial charge in [0.05, 0.1) is 6.04 Å². The molecule has 2 rings (SSSR count). The average molecular weight is 278 g/mol. The summed E-state index contributed by atoms with van der Waals surface area (Å²) in [5, 5.41) is 6.24. The summed E-state index contributed by atoms with van der Waals surface area (Å²) in [6.07, 6.45) is 2.67. The molecule has 0 radical (unpaired) electrons. The van der Waals surface area contributed by atoms with Gasteiger partial charge in [-0.25, -0.2) is 9.97 Å². The second-order valence-electron chi connectivity index (χ2n) is 4.65. The zero-order valence-electron chi connectivity index (χ0n) is 11.3. The van der Waals surface area contributed by atoms with Crippen molar-refractivity contribution in [3.63, 3.8) is 0 Å². The summed E-state index contributed by atoms with van der Waals surface area (Å²) in [5.74, 6) is 1.49. The first-order valence-electron chi connectivity index (χ1n) is 6.37. The number of aromatic nitrogens is 3. The number of hydrogen-bond acceptors (Lipinski definition) is 5. The lowest BCUT2D eigenvalue weighted by Crippen LogP contribution is -2.17. The van der Waals surface area contributed by atoms with Crippen molar-refractivity contribution in [2.45, 2.75) is 39.2 Å². The normalized spacial score (nSPS) is 12.6. The number of anilines is 1. The average Bonchev–Trinajstić information content (AvgIpc) is 2.89. The smallest absolute Gasteiger partial charge is 0.252 e. The number of nitrogens with zero attached hydrogens (tertiary/aromatic N) is 2. The molecule has 0 aliphatic rings. The van der Waals surface area contributed by atoms with E-state index in [-0.39, 0.29) is 17.5 Å². The van der Waals surface area contributed by atoms with Gasteiger partial charge in [-0.15, -0.1) is 11.3 Å². The quantitative estimate of drug-likeness (QED) is 0.882. The zero-order chi connectivity index (χ0) is 13.8. The minimum atomic E-state index is -0.129. The van der Waals surface area contributed by atoms with Crippen LogP contribution in [-0.4, -0.2) is 15.0 Å². The topological polar surface area (TPSA) is 70.7 Å². The number of hydrogen-bond donors (Lipinski definition) is 2. The van der Waals surface area contributed by atoms with Crippen LogP contribution in [0.4, 0.5) is 5.82 Å². The van der Waals surface area contributed by atoms with Crippen LogP contribution in [-0.2, 0) is 0 Å². The van der Waals surface area contributed by atoms with E-state index >= 15 is 0 Å². The molecule has 6 heteroatoms. The minimum Gasteiger partial charge on any atom is -0.361 e. The second-order valence-corrected chi connectivity index (χ2v) is 5.57.